The molecule has 0 N–H and O–H groups in total. The Kier molecular flexibility index (Phi) is 3.80. The molecule has 4 nitrogen and oxygen atoms in total. The standard InChI is InChI=1S/C12H19NO3/c1-12(7-10-3-2-6-14-8-10)15-9-11(16-12)4-5-13/h10-11H,2-4,6-9H2,1H3. The molecular weight excluding hydrogens is 206 g/mol. The molecule has 0 spiro atoms. The summed E-state index contributed by atoms with van der Waals surface area (Å²) in [6, 6.07) is 2.12. The number of nitriles is 1. The van der Waals surface area contributed by atoms with Crippen LogP contribution in [0.2, 0.25) is 0 Å². The molecule has 0 radical (unpaired) electrons. The van der Waals surface area contributed by atoms with E-state index in [-0.39, 0.29) is 6.10 Å². The molecule has 3 atom stereocenters. The first kappa shape index (κ1) is 11.8. The van der Waals surface area contributed by atoms with E-state index in [0.717, 1.165) is 26.1 Å². The van der Waals surface area contributed by atoms with Gasteiger partial charge in [0.1, 0.15) is 0 Å². The van der Waals surface area contributed by atoms with Crippen molar-refractivity contribution in [3.8, 4) is 6.07 Å². The Labute approximate surface area is 96.5 Å². The highest BCUT2D eigenvalue weighted by Gasteiger charge is 2.39. The molecule has 16 heavy (non-hydrogen) atoms. The maximum Gasteiger partial charge on any atom is 0.166 e. The number of ether oxygens (including phenoxy) is 3. The number of hydrogen-bond acceptors (Lipinski definition) is 4. The fourth-order valence-electron chi connectivity index (χ4n) is 2.49. The van der Waals surface area contributed by atoms with E-state index in [9.17, 15) is 0 Å². The van der Waals surface area contributed by atoms with Gasteiger partial charge < -0.3 is 14.2 Å². The van der Waals surface area contributed by atoms with Crippen molar-refractivity contribution in [3.05, 3.63) is 0 Å². The van der Waals surface area contributed by atoms with Gasteiger partial charge in [-0.2, -0.15) is 5.26 Å². The average Bonchev–Trinajstić information content (AvgIpc) is 2.62. The van der Waals surface area contributed by atoms with E-state index in [1.165, 1.54) is 6.42 Å². The van der Waals surface area contributed by atoms with Crippen molar-refractivity contribution in [2.24, 2.45) is 5.92 Å². The largest absolute Gasteiger partial charge is 0.381 e. The molecule has 0 aliphatic carbocycles. The van der Waals surface area contributed by atoms with Gasteiger partial charge >= 0.3 is 0 Å². The van der Waals surface area contributed by atoms with Crippen LogP contribution < -0.4 is 0 Å². The van der Waals surface area contributed by atoms with Crippen LogP contribution in [0.5, 0.6) is 0 Å². The highest BCUT2D eigenvalue weighted by Crippen LogP contribution is 2.33. The van der Waals surface area contributed by atoms with E-state index < -0.39 is 5.79 Å². The van der Waals surface area contributed by atoms with Crippen molar-refractivity contribution >= 4 is 0 Å². The second-order valence-corrected chi connectivity index (χ2v) is 4.83. The van der Waals surface area contributed by atoms with Gasteiger partial charge in [-0.05, 0) is 25.7 Å². The third-order valence-corrected chi connectivity index (χ3v) is 3.22. The maximum absolute atomic E-state index is 8.61. The van der Waals surface area contributed by atoms with Gasteiger partial charge in [0.25, 0.3) is 0 Å². The Bertz CT molecular complexity index is 270. The van der Waals surface area contributed by atoms with Crippen LogP contribution in [-0.4, -0.2) is 31.7 Å². The van der Waals surface area contributed by atoms with Gasteiger partial charge in [-0.15, -0.1) is 0 Å². The summed E-state index contributed by atoms with van der Waals surface area (Å²) in [5.74, 6) is 0.0203. The van der Waals surface area contributed by atoms with Gasteiger partial charge in [-0.1, -0.05) is 0 Å². The van der Waals surface area contributed by atoms with Crippen molar-refractivity contribution in [1.29, 1.82) is 5.26 Å². The van der Waals surface area contributed by atoms with E-state index >= 15 is 0 Å². The van der Waals surface area contributed by atoms with Crippen molar-refractivity contribution < 1.29 is 14.2 Å². The second kappa shape index (κ2) is 5.13. The van der Waals surface area contributed by atoms with Crippen LogP contribution in [0.25, 0.3) is 0 Å². The van der Waals surface area contributed by atoms with Crippen molar-refractivity contribution in [2.45, 2.75) is 44.5 Å². The summed E-state index contributed by atoms with van der Waals surface area (Å²) < 4.78 is 16.9. The lowest BCUT2D eigenvalue weighted by molar-refractivity contribution is -0.171. The van der Waals surface area contributed by atoms with Crippen LogP contribution in [0, 0.1) is 17.2 Å². The molecule has 90 valence electrons. The third kappa shape index (κ3) is 2.94. The molecule has 2 aliphatic heterocycles. The molecule has 2 rings (SSSR count). The highest BCUT2D eigenvalue weighted by molar-refractivity contribution is 4.84. The molecule has 2 heterocycles. The predicted molar refractivity (Wildman–Crippen MR) is 57.6 cm³/mol. The zero-order valence-corrected chi connectivity index (χ0v) is 9.78. The Balaban J connectivity index is 1.82. The van der Waals surface area contributed by atoms with Gasteiger partial charge in [-0.3, -0.25) is 0 Å². The van der Waals surface area contributed by atoms with Gasteiger partial charge in [0.2, 0.25) is 0 Å². The number of nitrogens with zero attached hydrogens (tertiary/aromatic N) is 1. The molecule has 2 aliphatic rings. The summed E-state index contributed by atoms with van der Waals surface area (Å²) in [6.45, 7) is 4.20. The van der Waals surface area contributed by atoms with E-state index in [0.29, 0.717) is 18.9 Å². The van der Waals surface area contributed by atoms with Gasteiger partial charge in [-0.25, -0.2) is 0 Å². The minimum Gasteiger partial charge on any atom is -0.381 e. The quantitative estimate of drug-likeness (QED) is 0.735. The van der Waals surface area contributed by atoms with Crippen LogP contribution in [0.15, 0.2) is 0 Å². The molecule has 0 saturated carbocycles. The minimum atomic E-state index is -0.507. The zero-order valence-electron chi connectivity index (χ0n) is 9.78. The van der Waals surface area contributed by atoms with Gasteiger partial charge in [0, 0.05) is 19.6 Å². The van der Waals surface area contributed by atoms with E-state index in [1.54, 1.807) is 0 Å². The molecular formula is C12H19NO3. The van der Waals surface area contributed by atoms with Gasteiger partial charge in [0.05, 0.1) is 25.2 Å². The van der Waals surface area contributed by atoms with Crippen LogP contribution >= 0.6 is 0 Å². The van der Waals surface area contributed by atoms with Gasteiger partial charge in [0.15, 0.2) is 5.79 Å². The Hall–Kier alpha value is -0.630. The molecule has 4 heteroatoms. The topological polar surface area (TPSA) is 51.5 Å². The van der Waals surface area contributed by atoms with Crippen molar-refractivity contribution in [2.75, 3.05) is 19.8 Å². The first-order valence-corrected chi connectivity index (χ1v) is 5.98. The first-order chi connectivity index (χ1) is 7.72. The number of rotatable bonds is 3. The van der Waals surface area contributed by atoms with E-state index in [2.05, 4.69) is 6.07 Å². The fourth-order valence-corrected chi connectivity index (χ4v) is 2.49. The lowest BCUT2D eigenvalue weighted by atomic mass is 9.94. The SMILES string of the molecule is CC1(CC2CCCOC2)OCC(CC#N)O1. The molecule has 2 saturated heterocycles. The van der Waals surface area contributed by atoms with Crippen LogP contribution in [-0.2, 0) is 14.2 Å². The lowest BCUT2D eigenvalue weighted by Crippen LogP contribution is -2.32. The van der Waals surface area contributed by atoms with Crippen LogP contribution in [0.4, 0.5) is 0 Å². The Morgan fingerprint density at radius 1 is 1.44 bits per heavy atom. The molecule has 0 aromatic rings. The summed E-state index contributed by atoms with van der Waals surface area (Å²) in [5, 5.41) is 8.61. The summed E-state index contributed by atoms with van der Waals surface area (Å²) in [5.41, 5.74) is 0. The van der Waals surface area contributed by atoms with Crippen molar-refractivity contribution in [3.63, 3.8) is 0 Å². The highest BCUT2D eigenvalue weighted by atomic mass is 16.7. The predicted octanol–water partition coefficient (Wildman–Crippen LogP) is 1.85. The molecule has 0 bridgehead atoms. The van der Waals surface area contributed by atoms with E-state index in [1.807, 2.05) is 6.92 Å². The normalized spacial score (nSPS) is 39.5. The fraction of sp³-hybridized carbons (Fsp3) is 0.917. The first-order valence-electron chi connectivity index (χ1n) is 5.98. The van der Waals surface area contributed by atoms with Crippen LogP contribution in [0.3, 0.4) is 0 Å². The maximum atomic E-state index is 8.61. The Morgan fingerprint density at radius 3 is 3.00 bits per heavy atom. The van der Waals surface area contributed by atoms with Crippen LogP contribution in [0.1, 0.15) is 32.6 Å². The monoisotopic (exact) mass is 225 g/mol. The zero-order chi connectivity index (χ0) is 11.4. The summed E-state index contributed by atoms with van der Waals surface area (Å²) >= 11 is 0. The molecule has 0 aromatic carbocycles. The minimum absolute atomic E-state index is 0.0560. The average molecular weight is 225 g/mol. The number of hydrogen-bond donors (Lipinski definition) is 0. The van der Waals surface area contributed by atoms with Crippen molar-refractivity contribution in [1.82, 2.24) is 0 Å². The second-order valence-electron chi connectivity index (χ2n) is 4.83. The third-order valence-electron chi connectivity index (χ3n) is 3.22. The summed E-state index contributed by atoms with van der Waals surface area (Å²) in [7, 11) is 0. The smallest absolute Gasteiger partial charge is 0.166 e. The summed E-state index contributed by atoms with van der Waals surface area (Å²) in [4.78, 5) is 0. The molecule has 0 aromatic heterocycles. The molecule has 2 fully saturated rings. The Morgan fingerprint density at radius 2 is 2.31 bits per heavy atom. The molecule has 0 amide bonds. The molecule has 3 unspecified atom stereocenters. The summed E-state index contributed by atoms with van der Waals surface area (Å²) in [6.07, 6.45) is 3.54. The lowest BCUT2D eigenvalue weighted by Gasteiger charge is -2.30. The van der Waals surface area contributed by atoms with E-state index in [4.69, 9.17) is 19.5 Å².